The van der Waals surface area contributed by atoms with Crippen LogP contribution in [0.5, 0.6) is 5.75 Å². The van der Waals surface area contributed by atoms with Gasteiger partial charge in [0.05, 0.1) is 7.11 Å². The Morgan fingerprint density at radius 2 is 1.62 bits per heavy atom. The summed E-state index contributed by atoms with van der Waals surface area (Å²) in [6, 6.07) is 21.6. The predicted molar refractivity (Wildman–Crippen MR) is 134 cm³/mol. The van der Waals surface area contributed by atoms with Crippen molar-refractivity contribution in [2.45, 2.75) is 6.04 Å². The van der Waals surface area contributed by atoms with Gasteiger partial charge in [-0.15, -0.1) is 5.10 Å². The molecular formula is C25H19Cl2N5O2. The highest BCUT2D eigenvalue weighted by Crippen LogP contribution is 2.34. The molecule has 9 heteroatoms. The Morgan fingerprint density at radius 3 is 2.26 bits per heavy atom. The van der Waals surface area contributed by atoms with Crippen LogP contribution in [0.3, 0.4) is 0 Å². The summed E-state index contributed by atoms with van der Waals surface area (Å²) in [5.74, 6) is 1.04. The van der Waals surface area contributed by atoms with Gasteiger partial charge in [-0.05, 0) is 65.7 Å². The van der Waals surface area contributed by atoms with Crippen LogP contribution in [0.25, 0.3) is 5.70 Å². The number of hydrogen-bond donors (Lipinski definition) is 2. The molecule has 3 aromatic carbocycles. The average Bonchev–Trinajstić information content (AvgIpc) is 3.27. The number of allylic oxidation sites excluding steroid dienone is 1. The molecule has 0 saturated carbocycles. The molecule has 1 aliphatic rings. The Hall–Kier alpha value is -3.81. The SMILES string of the molecule is COc1ccc(C(=O)Nc2nc3n(n2)[C@@H](c2ccc(Cl)cc2)C=C(c2ccc(Cl)cc2)N3)cc1. The van der Waals surface area contributed by atoms with Crippen molar-refractivity contribution in [2.24, 2.45) is 0 Å². The van der Waals surface area contributed by atoms with Crippen LogP contribution < -0.4 is 15.4 Å². The van der Waals surface area contributed by atoms with Crippen molar-refractivity contribution in [3.8, 4) is 5.75 Å². The number of rotatable bonds is 5. The molecule has 170 valence electrons. The third-order valence-corrected chi connectivity index (χ3v) is 5.91. The summed E-state index contributed by atoms with van der Waals surface area (Å²) < 4.78 is 6.88. The summed E-state index contributed by atoms with van der Waals surface area (Å²) in [6.07, 6.45) is 2.04. The van der Waals surface area contributed by atoms with E-state index in [4.69, 9.17) is 27.9 Å². The third-order valence-electron chi connectivity index (χ3n) is 5.41. The van der Waals surface area contributed by atoms with E-state index >= 15 is 0 Å². The molecule has 1 amide bonds. The van der Waals surface area contributed by atoms with Crippen LogP contribution in [0.2, 0.25) is 10.0 Å². The number of carbonyl (C=O) groups excluding carboxylic acids is 1. The second-order valence-corrected chi connectivity index (χ2v) is 8.47. The molecule has 1 aromatic heterocycles. The Labute approximate surface area is 206 Å². The number of fused-ring (bicyclic) bond motifs is 1. The maximum atomic E-state index is 12.7. The molecule has 0 spiro atoms. The first-order valence-electron chi connectivity index (χ1n) is 10.4. The van der Waals surface area contributed by atoms with Crippen molar-refractivity contribution in [2.75, 3.05) is 17.7 Å². The smallest absolute Gasteiger partial charge is 0.258 e. The largest absolute Gasteiger partial charge is 0.497 e. The molecule has 0 saturated heterocycles. The first-order valence-corrected chi connectivity index (χ1v) is 11.2. The Bertz CT molecular complexity index is 1360. The first-order chi connectivity index (χ1) is 16.5. The van der Waals surface area contributed by atoms with Crippen LogP contribution in [-0.2, 0) is 0 Å². The van der Waals surface area contributed by atoms with Gasteiger partial charge in [0.2, 0.25) is 5.95 Å². The number of nitrogens with zero attached hydrogens (tertiary/aromatic N) is 3. The lowest BCUT2D eigenvalue weighted by Crippen LogP contribution is -2.20. The quantitative estimate of drug-likeness (QED) is 0.363. The number of ether oxygens (including phenoxy) is 1. The maximum Gasteiger partial charge on any atom is 0.258 e. The second kappa shape index (κ2) is 9.21. The summed E-state index contributed by atoms with van der Waals surface area (Å²) in [5.41, 5.74) is 3.23. The number of hydrogen-bond acceptors (Lipinski definition) is 5. The molecule has 5 rings (SSSR count). The number of anilines is 2. The predicted octanol–water partition coefficient (Wildman–Crippen LogP) is 5.90. The number of carbonyl (C=O) groups is 1. The molecule has 34 heavy (non-hydrogen) atoms. The number of benzene rings is 3. The van der Waals surface area contributed by atoms with E-state index in [-0.39, 0.29) is 17.9 Å². The Kier molecular flexibility index (Phi) is 5.96. The standard InChI is InChI=1S/C25H19Cl2N5O2/c1-34-20-12-6-17(7-13-20)23(33)29-24-30-25-28-21(15-2-8-18(26)9-3-15)14-22(32(25)31-24)16-4-10-19(27)11-5-16/h2-14,22H,1H3,(H2,28,29,30,31,33)/t22-/m1/s1. The van der Waals surface area contributed by atoms with Gasteiger partial charge in [0.15, 0.2) is 0 Å². The van der Waals surface area contributed by atoms with Crippen LogP contribution in [0, 0.1) is 0 Å². The highest BCUT2D eigenvalue weighted by atomic mass is 35.5. The molecule has 2 N–H and O–H groups in total. The molecule has 1 aliphatic heterocycles. The van der Waals surface area contributed by atoms with Crippen LogP contribution in [0.15, 0.2) is 78.9 Å². The van der Waals surface area contributed by atoms with Gasteiger partial charge in [-0.2, -0.15) is 4.98 Å². The number of halogens is 2. The normalized spacial score (nSPS) is 14.6. The topological polar surface area (TPSA) is 81.1 Å². The zero-order valence-corrected chi connectivity index (χ0v) is 19.5. The van der Waals surface area contributed by atoms with Crippen molar-refractivity contribution in [1.29, 1.82) is 0 Å². The molecule has 0 radical (unpaired) electrons. The van der Waals surface area contributed by atoms with Gasteiger partial charge in [-0.1, -0.05) is 47.5 Å². The molecule has 1 atom stereocenters. The number of methoxy groups -OCH3 is 1. The minimum atomic E-state index is -0.320. The highest BCUT2D eigenvalue weighted by molar-refractivity contribution is 6.30. The fourth-order valence-electron chi connectivity index (χ4n) is 3.66. The molecule has 4 aromatic rings. The van der Waals surface area contributed by atoms with Gasteiger partial charge in [0, 0.05) is 21.3 Å². The summed E-state index contributed by atoms with van der Waals surface area (Å²) in [7, 11) is 1.57. The molecular weight excluding hydrogens is 473 g/mol. The van der Waals surface area contributed by atoms with E-state index < -0.39 is 0 Å². The van der Waals surface area contributed by atoms with Gasteiger partial charge in [0.25, 0.3) is 11.9 Å². The number of aromatic nitrogens is 3. The molecule has 0 aliphatic carbocycles. The van der Waals surface area contributed by atoms with Crippen LogP contribution >= 0.6 is 23.2 Å². The van der Waals surface area contributed by atoms with Crippen molar-refractivity contribution < 1.29 is 9.53 Å². The zero-order chi connectivity index (χ0) is 23.7. The Morgan fingerprint density at radius 1 is 0.971 bits per heavy atom. The molecule has 0 bridgehead atoms. The van der Waals surface area contributed by atoms with Gasteiger partial charge in [-0.25, -0.2) is 4.68 Å². The summed E-state index contributed by atoms with van der Waals surface area (Å²) >= 11 is 12.2. The molecule has 0 unspecified atom stereocenters. The van der Waals surface area contributed by atoms with Crippen LogP contribution in [0.1, 0.15) is 27.5 Å². The maximum absolute atomic E-state index is 12.7. The van der Waals surface area contributed by atoms with E-state index in [0.717, 1.165) is 16.8 Å². The monoisotopic (exact) mass is 491 g/mol. The second-order valence-electron chi connectivity index (χ2n) is 7.59. The van der Waals surface area contributed by atoms with E-state index in [2.05, 4.69) is 20.7 Å². The van der Waals surface area contributed by atoms with E-state index in [9.17, 15) is 4.79 Å². The summed E-state index contributed by atoms with van der Waals surface area (Å²) in [5, 5.41) is 11.9. The van der Waals surface area contributed by atoms with Crippen molar-refractivity contribution in [3.63, 3.8) is 0 Å². The first kappa shape index (κ1) is 22.0. The summed E-state index contributed by atoms with van der Waals surface area (Å²) in [4.78, 5) is 17.3. The lowest BCUT2D eigenvalue weighted by Gasteiger charge is -2.24. The minimum Gasteiger partial charge on any atom is -0.497 e. The van der Waals surface area contributed by atoms with Crippen molar-refractivity contribution in [1.82, 2.24) is 14.8 Å². The molecule has 2 heterocycles. The fourth-order valence-corrected chi connectivity index (χ4v) is 3.91. The lowest BCUT2D eigenvalue weighted by molar-refractivity contribution is 0.102. The zero-order valence-electron chi connectivity index (χ0n) is 18.0. The Balaban J connectivity index is 1.48. The highest BCUT2D eigenvalue weighted by Gasteiger charge is 2.26. The molecule has 0 fully saturated rings. The molecule has 7 nitrogen and oxygen atoms in total. The third kappa shape index (κ3) is 4.48. The van der Waals surface area contributed by atoms with Crippen molar-refractivity contribution >= 4 is 46.7 Å². The van der Waals surface area contributed by atoms with Gasteiger partial charge in [0.1, 0.15) is 11.8 Å². The van der Waals surface area contributed by atoms with Crippen molar-refractivity contribution in [3.05, 3.63) is 106 Å². The number of amides is 1. The van der Waals surface area contributed by atoms with Crippen LogP contribution in [0.4, 0.5) is 11.9 Å². The van der Waals surface area contributed by atoms with Gasteiger partial charge in [-0.3, -0.25) is 10.1 Å². The van der Waals surface area contributed by atoms with Gasteiger partial charge < -0.3 is 10.1 Å². The number of nitrogens with one attached hydrogen (secondary N) is 2. The van der Waals surface area contributed by atoms with Gasteiger partial charge >= 0.3 is 0 Å². The fraction of sp³-hybridized carbons (Fsp3) is 0.0800. The lowest BCUT2D eigenvalue weighted by atomic mass is 10.0. The average molecular weight is 492 g/mol. The van der Waals surface area contributed by atoms with E-state index in [1.165, 1.54) is 0 Å². The van der Waals surface area contributed by atoms with E-state index in [0.29, 0.717) is 27.3 Å². The van der Waals surface area contributed by atoms with Crippen LogP contribution in [-0.4, -0.2) is 27.8 Å². The minimum absolute atomic E-state index is 0.188. The van der Waals surface area contributed by atoms with E-state index in [1.807, 2.05) is 54.6 Å². The van der Waals surface area contributed by atoms with E-state index in [1.54, 1.807) is 36.1 Å². The summed E-state index contributed by atoms with van der Waals surface area (Å²) in [6.45, 7) is 0.